The SMILES string of the molecule is COc1cccc(C(=O)N2CC(C)CC(C(=O)O)C2)c1. The maximum absolute atomic E-state index is 12.5. The number of benzene rings is 1. The van der Waals surface area contributed by atoms with E-state index in [1.165, 1.54) is 0 Å². The number of carboxylic acids is 1. The van der Waals surface area contributed by atoms with Gasteiger partial charge < -0.3 is 14.7 Å². The van der Waals surface area contributed by atoms with Crippen LogP contribution in [0.5, 0.6) is 5.75 Å². The molecule has 0 spiro atoms. The Morgan fingerprint density at radius 1 is 1.35 bits per heavy atom. The third-order valence-corrected chi connectivity index (χ3v) is 3.61. The molecule has 2 unspecified atom stereocenters. The number of carbonyl (C=O) groups excluding carboxylic acids is 1. The number of carbonyl (C=O) groups is 2. The third-order valence-electron chi connectivity index (χ3n) is 3.61. The fourth-order valence-electron chi connectivity index (χ4n) is 2.63. The molecule has 1 fully saturated rings. The summed E-state index contributed by atoms with van der Waals surface area (Å²) in [5, 5.41) is 9.15. The zero-order valence-electron chi connectivity index (χ0n) is 11.7. The van der Waals surface area contributed by atoms with E-state index >= 15 is 0 Å². The van der Waals surface area contributed by atoms with E-state index in [0.29, 0.717) is 24.3 Å². The van der Waals surface area contributed by atoms with Gasteiger partial charge in [-0.15, -0.1) is 0 Å². The summed E-state index contributed by atoms with van der Waals surface area (Å²) in [6.45, 7) is 2.84. The highest BCUT2D eigenvalue weighted by molar-refractivity contribution is 5.95. The molecule has 5 heteroatoms. The summed E-state index contributed by atoms with van der Waals surface area (Å²) in [4.78, 5) is 25.2. The molecular weight excluding hydrogens is 258 g/mol. The Morgan fingerprint density at radius 2 is 2.10 bits per heavy atom. The highest BCUT2D eigenvalue weighted by atomic mass is 16.5. The predicted molar refractivity (Wildman–Crippen MR) is 73.8 cm³/mol. The van der Waals surface area contributed by atoms with Crippen LogP contribution < -0.4 is 4.74 Å². The van der Waals surface area contributed by atoms with Crippen molar-refractivity contribution < 1.29 is 19.4 Å². The molecule has 1 N–H and O–H groups in total. The maximum atomic E-state index is 12.5. The second kappa shape index (κ2) is 5.94. The molecule has 1 saturated heterocycles. The van der Waals surface area contributed by atoms with Gasteiger partial charge in [0.15, 0.2) is 0 Å². The molecule has 0 aromatic heterocycles. The molecule has 2 rings (SSSR count). The first-order chi connectivity index (χ1) is 9.51. The molecule has 108 valence electrons. The zero-order valence-corrected chi connectivity index (χ0v) is 11.7. The molecule has 1 amide bonds. The van der Waals surface area contributed by atoms with Crippen molar-refractivity contribution in [3.8, 4) is 5.75 Å². The van der Waals surface area contributed by atoms with E-state index in [1.807, 2.05) is 6.92 Å². The highest BCUT2D eigenvalue weighted by Crippen LogP contribution is 2.24. The van der Waals surface area contributed by atoms with Gasteiger partial charge in [0.25, 0.3) is 5.91 Å². The van der Waals surface area contributed by atoms with Crippen molar-refractivity contribution in [2.24, 2.45) is 11.8 Å². The lowest BCUT2D eigenvalue weighted by molar-refractivity contribution is -0.143. The Bertz CT molecular complexity index is 514. The Labute approximate surface area is 118 Å². The molecule has 0 radical (unpaired) electrons. The monoisotopic (exact) mass is 277 g/mol. The van der Waals surface area contributed by atoms with Crippen molar-refractivity contribution in [1.29, 1.82) is 0 Å². The van der Waals surface area contributed by atoms with Gasteiger partial charge >= 0.3 is 5.97 Å². The summed E-state index contributed by atoms with van der Waals surface area (Å²) in [7, 11) is 1.55. The number of hydrogen-bond acceptors (Lipinski definition) is 3. The summed E-state index contributed by atoms with van der Waals surface area (Å²) in [5.41, 5.74) is 0.530. The van der Waals surface area contributed by atoms with Gasteiger partial charge in [0.2, 0.25) is 0 Å². The quantitative estimate of drug-likeness (QED) is 0.916. The largest absolute Gasteiger partial charge is 0.497 e. The van der Waals surface area contributed by atoms with Gasteiger partial charge in [-0.2, -0.15) is 0 Å². The molecule has 1 aliphatic rings. The van der Waals surface area contributed by atoms with Crippen LogP contribution in [0.2, 0.25) is 0 Å². The third kappa shape index (κ3) is 3.10. The minimum absolute atomic E-state index is 0.137. The van der Waals surface area contributed by atoms with E-state index in [1.54, 1.807) is 36.3 Å². The van der Waals surface area contributed by atoms with Crippen molar-refractivity contribution in [3.05, 3.63) is 29.8 Å². The number of hydrogen-bond donors (Lipinski definition) is 1. The molecular formula is C15H19NO4. The molecule has 1 aromatic rings. The lowest BCUT2D eigenvalue weighted by Gasteiger charge is -2.34. The van der Waals surface area contributed by atoms with Crippen molar-refractivity contribution in [2.45, 2.75) is 13.3 Å². The van der Waals surface area contributed by atoms with E-state index in [0.717, 1.165) is 0 Å². The number of aliphatic carboxylic acids is 1. The number of rotatable bonds is 3. The first-order valence-electron chi connectivity index (χ1n) is 6.67. The molecule has 1 aliphatic heterocycles. The highest BCUT2D eigenvalue weighted by Gasteiger charge is 2.32. The number of likely N-dealkylation sites (tertiary alicyclic amines) is 1. The summed E-state index contributed by atoms with van der Waals surface area (Å²) >= 11 is 0. The molecule has 5 nitrogen and oxygen atoms in total. The summed E-state index contributed by atoms with van der Waals surface area (Å²) in [6, 6.07) is 6.93. The van der Waals surface area contributed by atoms with Gasteiger partial charge in [0.05, 0.1) is 13.0 Å². The lowest BCUT2D eigenvalue weighted by atomic mass is 9.90. The number of piperidine rings is 1. The molecule has 0 saturated carbocycles. The normalized spacial score (nSPS) is 22.4. The van der Waals surface area contributed by atoms with Gasteiger partial charge in [0, 0.05) is 18.7 Å². The standard InChI is InChI=1S/C15H19NO4/c1-10-6-12(15(18)19)9-16(8-10)14(17)11-4-3-5-13(7-11)20-2/h3-5,7,10,12H,6,8-9H2,1-2H3,(H,18,19). The Balaban J connectivity index is 2.16. The molecule has 1 aromatic carbocycles. The first kappa shape index (κ1) is 14.4. The number of carboxylic acid groups (broad SMARTS) is 1. The number of methoxy groups -OCH3 is 1. The van der Waals surface area contributed by atoms with Crippen LogP contribution >= 0.6 is 0 Å². The Kier molecular flexibility index (Phi) is 4.27. The molecule has 20 heavy (non-hydrogen) atoms. The molecule has 1 heterocycles. The van der Waals surface area contributed by atoms with Crippen LogP contribution in [0.1, 0.15) is 23.7 Å². The van der Waals surface area contributed by atoms with Gasteiger partial charge in [0.1, 0.15) is 5.75 Å². The number of ether oxygens (including phenoxy) is 1. The average Bonchev–Trinajstić information content (AvgIpc) is 2.45. The van der Waals surface area contributed by atoms with Gasteiger partial charge in [-0.1, -0.05) is 13.0 Å². The predicted octanol–water partition coefficient (Wildman–Crippen LogP) is 1.88. The van der Waals surface area contributed by atoms with Crippen molar-refractivity contribution in [2.75, 3.05) is 20.2 Å². The van der Waals surface area contributed by atoms with E-state index in [4.69, 9.17) is 9.84 Å². The van der Waals surface area contributed by atoms with Crippen LogP contribution in [0, 0.1) is 11.8 Å². The van der Waals surface area contributed by atoms with E-state index in [2.05, 4.69) is 0 Å². The van der Waals surface area contributed by atoms with Crippen molar-refractivity contribution in [1.82, 2.24) is 4.90 Å². The van der Waals surface area contributed by atoms with E-state index in [9.17, 15) is 9.59 Å². The van der Waals surface area contributed by atoms with Crippen LogP contribution in [0.4, 0.5) is 0 Å². The summed E-state index contributed by atoms with van der Waals surface area (Å²) < 4.78 is 5.11. The summed E-state index contributed by atoms with van der Waals surface area (Å²) in [5.74, 6) is -0.634. The average molecular weight is 277 g/mol. The fraction of sp³-hybridized carbons (Fsp3) is 0.467. The van der Waals surface area contributed by atoms with E-state index < -0.39 is 11.9 Å². The number of amides is 1. The Hall–Kier alpha value is -2.04. The van der Waals surface area contributed by atoms with Crippen LogP contribution in [-0.4, -0.2) is 42.1 Å². The first-order valence-corrected chi connectivity index (χ1v) is 6.67. The fourth-order valence-corrected chi connectivity index (χ4v) is 2.63. The van der Waals surface area contributed by atoms with Crippen LogP contribution in [0.25, 0.3) is 0 Å². The van der Waals surface area contributed by atoms with Crippen LogP contribution in [-0.2, 0) is 4.79 Å². The Morgan fingerprint density at radius 3 is 2.75 bits per heavy atom. The molecule has 2 atom stereocenters. The van der Waals surface area contributed by atoms with Gasteiger partial charge in [-0.3, -0.25) is 9.59 Å². The lowest BCUT2D eigenvalue weighted by Crippen LogP contribution is -2.45. The van der Waals surface area contributed by atoms with Crippen molar-refractivity contribution in [3.63, 3.8) is 0 Å². The molecule has 0 bridgehead atoms. The van der Waals surface area contributed by atoms with Gasteiger partial charge in [-0.05, 0) is 30.5 Å². The second-order valence-electron chi connectivity index (χ2n) is 5.32. The minimum Gasteiger partial charge on any atom is -0.497 e. The van der Waals surface area contributed by atoms with Crippen LogP contribution in [0.15, 0.2) is 24.3 Å². The van der Waals surface area contributed by atoms with Gasteiger partial charge in [-0.25, -0.2) is 0 Å². The van der Waals surface area contributed by atoms with Crippen LogP contribution in [0.3, 0.4) is 0 Å². The number of nitrogens with zero attached hydrogens (tertiary/aromatic N) is 1. The topological polar surface area (TPSA) is 66.8 Å². The van der Waals surface area contributed by atoms with E-state index in [-0.39, 0.29) is 18.4 Å². The maximum Gasteiger partial charge on any atom is 0.308 e. The smallest absolute Gasteiger partial charge is 0.308 e. The minimum atomic E-state index is -0.833. The zero-order chi connectivity index (χ0) is 14.7. The second-order valence-corrected chi connectivity index (χ2v) is 5.32. The van der Waals surface area contributed by atoms with Crippen molar-refractivity contribution >= 4 is 11.9 Å². The summed E-state index contributed by atoms with van der Waals surface area (Å²) in [6.07, 6.45) is 0.622. The molecule has 0 aliphatic carbocycles.